The van der Waals surface area contributed by atoms with E-state index in [-0.39, 0.29) is 12.4 Å². The molecule has 1 atom stereocenters. The summed E-state index contributed by atoms with van der Waals surface area (Å²) in [5, 5.41) is 10.1. The minimum Gasteiger partial charge on any atom is -1.00 e. The lowest BCUT2D eigenvalue weighted by atomic mass is 10.1. The van der Waals surface area contributed by atoms with E-state index in [2.05, 4.69) is 4.72 Å². The minimum absolute atomic E-state index is 0. The van der Waals surface area contributed by atoms with Crippen molar-refractivity contribution < 1.29 is 30.5 Å². The Morgan fingerprint density at radius 1 is 1.33 bits per heavy atom. The number of aromatic nitrogens is 2. The van der Waals surface area contributed by atoms with E-state index in [0.29, 0.717) is 12.2 Å². The highest BCUT2D eigenvalue weighted by atomic mass is 35.5. The maximum Gasteiger partial charge on any atom is 0.243 e. The summed E-state index contributed by atoms with van der Waals surface area (Å²) < 4.78 is 28.4. The predicted octanol–water partition coefficient (Wildman–Crippen LogP) is -2.58. The van der Waals surface area contributed by atoms with Gasteiger partial charge in [-0.05, 0) is 17.7 Å². The molecule has 0 saturated heterocycles. The number of benzene rings is 1. The number of rotatable bonds is 5. The number of anilines is 1. The van der Waals surface area contributed by atoms with Gasteiger partial charge in [-0.3, -0.25) is 4.72 Å². The van der Waals surface area contributed by atoms with Crippen LogP contribution in [0, 0.1) is 0 Å². The number of aliphatic hydroxyl groups is 1. The van der Waals surface area contributed by atoms with Gasteiger partial charge in [0.1, 0.15) is 25.0 Å². The Balaban J connectivity index is 0.00000220. The molecule has 2 aromatic rings. The molecule has 1 aromatic heterocycles. The molecule has 1 heterocycles. The van der Waals surface area contributed by atoms with E-state index in [1.807, 2.05) is 34.9 Å². The Labute approximate surface area is 130 Å². The van der Waals surface area contributed by atoms with Crippen molar-refractivity contribution >= 4 is 15.7 Å². The molecule has 6 nitrogen and oxygen atoms in total. The first-order valence-corrected chi connectivity index (χ1v) is 7.99. The van der Waals surface area contributed by atoms with Crippen LogP contribution < -0.4 is 21.7 Å². The van der Waals surface area contributed by atoms with E-state index in [1.54, 1.807) is 24.3 Å². The third kappa shape index (κ3) is 5.37. The molecule has 0 saturated carbocycles. The molecule has 2 rings (SSSR count). The molecule has 0 spiro atoms. The first kappa shape index (κ1) is 17.5. The van der Waals surface area contributed by atoms with Crippen molar-refractivity contribution in [2.45, 2.75) is 12.6 Å². The number of aliphatic hydroxyl groups excluding tert-OH is 1. The topological polar surface area (TPSA) is 75.2 Å². The largest absolute Gasteiger partial charge is 1.00 e. The molecule has 1 unspecified atom stereocenters. The number of hydrogen-bond donors (Lipinski definition) is 2. The van der Waals surface area contributed by atoms with Crippen molar-refractivity contribution in [3.8, 4) is 0 Å². The van der Waals surface area contributed by atoms with Gasteiger partial charge in [0.25, 0.3) is 0 Å². The minimum atomic E-state index is -3.28. The van der Waals surface area contributed by atoms with Crippen LogP contribution in [0.5, 0.6) is 0 Å². The van der Waals surface area contributed by atoms with Gasteiger partial charge in [-0.1, -0.05) is 12.1 Å². The van der Waals surface area contributed by atoms with Gasteiger partial charge in [0.05, 0.1) is 13.3 Å². The third-order valence-corrected chi connectivity index (χ3v) is 3.41. The van der Waals surface area contributed by atoms with Gasteiger partial charge in [-0.2, -0.15) is 0 Å². The van der Waals surface area contributed by atoms with Crippen LogP contribution in [0.2, 0.25) is 0 Å². The lowest BCUT2D eigenvalue weighted by Crippen LogP contribution is -3.00. The van der Waals surface area contributed by atoms with Crippen LogP contribution in [-0.4, -0.2) is 24.3 Å². The zero-order valence-corrected chi connectivity index (χ0v) is 13.3. The van der Waals surface area contributed by atoms with E-state index >= 15 is 0 Å². The second-order valence-corrected chi connectivity index (χ2v) is 6.54. The predicted molar refractivity (Wildman–Crippen MR) is 75.5 cm³/mol. The van der Waals surface area contributed by atoms with Crippen LogP contribution in [0.3, 0.4) is 0 Å². The Bertz CT molecular complexity index is 683. The fraction of sp³-hybridized carbons (Fsp3) is 0.308. The lowest BCUT2D eigenvalue weighted by Gasteiger charge is -2.10. The van der Waals surface area contributed by atoms with E-state index in [4.69, 9.17) is 0 Å². The van der Waals surface area contributed by atoms with Crippen LogP contribution >= 0.6 is 0 Å². The number of nitrogens with zero attached hydrogens (tertiary/aromatic N) is 2. The lowest BCUT2D eigenvalue weighted by molar-refractivity contribution is -0.671. The number of aryl methyl sites for hydroxylation is 1. The van der Waals surface area contributed by atoms with Crippen LogP contribution in [0.25, 0.3) is 0 Å². The standard InChI is InChI=1S/C13H18N3O3S.ClH/c1-15-7-8-16(10-15)9-13(17)11-3-5-12(6-4-11)14-20(2,18)19;/h3-8,10,13-14,17H,9H2,1-2H3;1H/q+1;/p-1. The number of hydrogen-bond acceptors (Lipinski definition) is 3. The van der Waals surface area contributed by atoms with E-state index in [0.717, 1.165) is 11.8 Å². The Morgan fingerprint density at radius 2 is 1.95 bits per heavy atom. The van der Waals surface area contributed by atoms with Crippen molar-refractivity contribution in [3.63, 3.8) is 0 Å². The van der Waals surface area contributed by atoms with Gasteiger partial charge < -0.3 is 17.5 Å². The van der Waals surface area contributed by atoms with Gasteiger partial charge in [-0.25, -0.2) is 17.6 Å². The van der Waals surface area contributed by atoms with Crippen molar-refractivity contribution in [2.24, 2.45) is 7.05 Å². The van der Waals surface area contributed by atoms with Crippen molar-refractivity contribution in [1.82, 2.24) is 4.57 Å². The highest BCUT2D eigenvalue weighted by Gasteiger charge is 2.12. The number of sulfonamides is 1. The van der Waals surface area contributed by atoms with Crippen molar-refractivity contribution in [3.05, 3.63) is 48.5 Å². The fourth-order valence-corrected chi connectivity index (χ4v) is 2.47. The zero-order valence-electron chi connectivity index (χ0n) is 11.8. The molecule has 0 aliphatic carbocycles. The molecular formula is C13H18ClN3O3S. The summed E-state index contributed by atoms with van der Waals surface area (Å²) in [6.07, 6.45) is 6.11. The summed E-state index contributed by atoms with van der Waals surface area (Å²) in [7, 11) is -1.36. The number of halogens is 1. The van der Waals surface area contributed by atoms with Crippen molar-refractivity contribution in [2.75, 3.05) is 11.0 Å². The van der Waals surface area contributed by atoms with Gasteiger partial charge in [0.15, 0.2) is 0 Å². The summed E-state index contributed by atoms with van der Waals surface area (Å²) in [6.45, 7) is 0.444. The summed E-state index contributed by atoms with van der Waals surface area (Å²) in [4.78, 5) is 0. The molecule has 21 heavy (non-hydrogen) atoms. The van der Waals surface area contributed by atoms with Crippen molar-refractivity contribution in [1.29, 1.82) is 0 Å². The molecule has 0 aliphatic heterocycles. The Hall–Kier alpha value is -1.57. The monoisotopic (exact) mass is 331 g/mol. The zero-order chi connectivity index (χ0) is 14.8. The number of imidazole rings is 1. The molecule has 0 aliphatic rings. The molecule has 2 N–H and O–H groups in total. The van der Waals surface area contributed by atoms with Gasteiger partial charge in [0, 0.05) is 5.69 Å². The first-order chi connectivity index (χ1) is 9.33. The van der Waals surface area contributed by atoms with E-state index in [9.17, 15) is 13.5 Å². The Morgan fingerprint density at radius 3 is 2.43 bits per heavy atom. The second kappa shape index (κ2) is 6.93. The fourth-order valence-electron chi connectivity index (χ4n) is 1.90. The van der Waals surface area contributed by atoms with Crippen LogP contribution in [0.4, 0.5) is 5.69 Å². The van der Waals surface area contributed by atoms with Crippen LogP contribution in [-0.2, 0) is 23.6 Å². The number of nitrogens with one attached hydrogen (secondary N) is 1. The molecule has 1 aromatic carbocycles. The smallest absolute Gasteiger partial charge is 0.243 e. The summed E-state index contributed by atoms with van der Waals surface area (Å²) in [5.41, 5.74) is 1.22. The van der Waals surface area contributed by atoms with E-state index < -0.39 is 16.1 Å². The molecule has 0 fully saturated rings. The van der Waals surface area contributed by atoms with Gasteiger partial charge in [0.2, 0.25) is 16.4 Å². The molecule has 0 radical (unpaired) electrons. The molecule has 0 bridgehead atoms. The highest BCUT2D eigenvalue weighted by molar-refractivity contribution is 7.92. The van der Waals surface area contributed by atoms with Crippen LogP contribution in [0.1, 0.15) is 11.7 Å². The average Bonchev–Trinajstić information content (AvgIpc) is 2.73. The molecule has 8 heteroatoms. The molecule has 116 valence electrons. The quantitative estimate of drug-likeness (QED) is 0.591. The van der Waals surface area contributed by atoms with Crippen LogP contribution in [0.15, 0.2) is 43.0 Å². The third-order valence-electron chi connectivity index (χ3n) is 2.81. The molecule has 0 amide bonds. The molecular weight excluding hydrogens is 314 g/mol. The normalized spacial score (nSPS) is 12.5. The summed E-state index contributed by atoms with van der Waals surface area (Å²) >= 11 is 0. The van der Waals surface area contributed by atoms with Gasteiger partial charge in [-0.15, -0.1) is 0 Å². The van der Waals surface area contributed by atoms with E-state index in [1.165, 1.54) is 0 Å². The first-order valence-electron chi connectivity index (χ1n) is 6.10. The SMILES string of the molecule is C[n+]1ccn(CC(O)c2ccc(NS(C)(=O)=O)cc2)c1.[Cl-]. The average molecular weight is 332 g/mol. The maximum atomic E-state index is 11.1. The summed E-state index contributed by atoms with van der Waals surface area (Å²) in [6, 6.07) is 6.69. The Kier molecular flexibility index (Phi) is 5.77. The summed E-state index contributed by atoms with van der Waals surface area (Å²) in [5.74, 6) is 0. The second-order valence-electron chi connectivity index (χ2n) is 4.79. The van der Waals surface area contributed by atoms with Gasteiger partial charge >= 0.3 is 0 Å². The highest BCUT2D eigenvalue weighted by Crippen LogP contribution is 2.18. The maximum absolute atomic E-state index is 11.1.